The normalized spacial score (nSPS) is 11.4. The molecule has 0 amide bonds. The molecule has 0 spiro atoms. The molecule has 0 fully saturated rings. The zero-order valence-corrected chi connectivity index (χ0v) is 12.0. The Morgan fingerprint density at radius 2 is 2.25 bits per heavy atom. The van der Waals surface area contributed by atoms with Gasteiger partial charge in [-0.3, -0.25) is 4.79 Å². The quantitative estimate of drug-likeness (QED) is 0.601. The van der Waals surface area contributed by atoms with E-state index >= 15 is 0 Å². The van der Waals surface area contributed by atoms with E-state index in [9.17, 15) is 18.0 Å². The maximum Gasteiger partial charge on any atom is 0.411 e. The summed E-state index contributed by atoms with van der Waals surface area (Å²) in [6.45, 7) is 2.46. The van der Waals surface area contributed by atoms with Crippen LogP contribution in [0.1, 0.15) is 0 Å². The van der Waals surface area contributed by atoms with E-state index in [4.69, 9.17) is 0 Å². The van der Waals surface area contributed by atoms with Crippen molar-refractivity contribution in [1.82, 2.24) is 9.78 Å². The van der Waals surface area contributed by atoms with E-state index < -0.39 is 12.8 Å². The Morgan fingerprint density at radius 1 is 1.55 bits per heavy atom. The summed E-state index contributed by atoms with van der Waals surface area (Å²) in [4.78, 5) is 11.8. The largest absolute Gasteiger partial charge is 0.411 e. The number of aromatic nitrogens is 2. The fraction of sp³-hybridized carbons (Fsp3) is 0.455. The zero-order chi connectivity index (χ0) is 15.2. The SMILES string of the molecule is C=CCn1ncc(NCCOCC(F)(F)F)c(Br)c1=O. The summed E-state index contributed by atoms with van der Waals surface area (Å²) in [5.74, 6) is 0. The molecular formula is C11H13BrF3N3O2. The molecule has 0 saturated heterocycles. The Kier molecular flexibility index (Phi) is 6.21. The Balaban J connectivity index is 2.51. The number of hydrogen-bond acceptors (Lipinski definition) is 4. The number of anilines is 1. The number of rotatable bonds is 7. The first-order chi connectivity index (χ1) is 9.35. The topological polar surface area (TPSA) is 56.1 Å². The van der Waals surface area contributed by atoms with Gasteiger partial charge in [-0.15, -0.1) is 6.58 Å². The van der Waals surface area contributed by atoms with Crippen molar-refractivity contribution in [2.75, 3.05) is 25.1 Å². The van der Waals surface area contributed by atoms with Crippen molar-refractivity contribution < 1.29 is 17.9 Å². The molecule has 0 unspecified atom stereocenters. The second-order valence-corrected chi connectivity index (χ2v) is 4.54. The molecule has 0 radical (unpaired) electrons. The van der Waals surface area contributed by atoms with Crippen molar-refractivity contribution in [3.63, 3.8) is 0 Å². The summed E-state index contributed by atoms with van der Waals surface area (Å²) < 4.78 is 41.4. The molecule has 0 bridgehead atoms. The lowest BCUT2D eigenvalue weighted by Crippen LogP contribution is -2.25. The third-order valence-electron chi connectivity index (χ3n) is 2.11. The zero-order valence-electron chi connectivity index (χ0n) is 10.4. The number of halogens is 4. The van der Waals surface area contributed by atoms with Crippen LogP contribution in [0.4, 0.5) is 18.9 Å². The molecule has 0 aliphatic carbocycles. The van der Waals surface area contributed by atoms with Gasteiger partial charge in [0, 0.05) is 6.54 Å². The van der Waals surface area contributed by atoms with E-state index in [1.807, 2.05) is 0 Å². The van der Waals surface area contributed by atoms with Crippen LogP contribution in [0.3, 0.4) is 0 Å². The maximum atomic E-state index is 11.8. The highest BCUT2D eigenvalue weighted by atomic mass is 79.9. The van der Waals surface area contributed by atoms with Crippen LogP contribution >= 0.6 is 15.9 Å². The summed E-state index contributed by atoms with van der Waals surface area (Å²) in [7, 11) is 0. The van der Waals surface area contributed by atoms with Crippen molar-refractivity contribution >= 4 is 21.6 Å². The van der Waals surface area contributed by atoms with Gasteiger partial charge in [0.25, 0.3) is 5.56 Å². The molecule has 1 heterocycles. The lowest BCUT2D eigenvalue weighted by atomic mass is 10.4. The monoisotopic (exact) mass is 355 g/mol. The molecule has 9 heteroatoms. The number of allylic oxidation sites excluding steroid dienone is 1. The smallest absolute Gasteiger partial charge is 0.380 e. The molecule has 112 valence electrons. The van der Waals surface area contributed by atoms with Gasteiger partial charge in [0.15, 0.2) is 0 Å². The molecule has 1 aromatic heterocycles. The first kappa shape index (κ1) is 16.7. The Hall–Kier alpha value is -1.35. The average Bonchev–Trinajstić information content (AvgIpc) is 2.36. The van der Waals surface area contributed by atoms with Crippen molar-refractivity contribution in [2.45, 2.75) is 12.7 Å². The van der Waals surface area contributed by atoms with Crippen LogP contribution in [0.2, 0.25) is 0 Å². The van der Waals surface area contributed by atoms with E-state index in [-0.39, 0.29) is 29.7 Å². The first-order valence-corrected chi connectivity index (χ1v) is 6.39. The summed E-state index contributed by atoms with van der Waals surface area (Å²) in [5.41, 5.74) is 0.0389. The van der Waals surface area contributed by atoms with Gasteiger partial charge >= 0.3 is 6.18 Å². The summed E-state index contributed by atoms with van der Waals surface area (Å²) >= 11 is 3.11. The fourth-order valence-electron chi connectivity index (χ4n) is 1.29. The van der Waals surface area contributed by atoms with E-state index in [2.05, 4.69) is 37.7 Å². The lowest BCUT2D eigenvalue weighted by molar-refractivity contribution is -0.172. The second kappa shape index (κ2) is 7.44. The van der Waals surface area contributed by atoms with E-state index in [1.165, 1.54) is 17.0 Å². The van der Waals surface area contributed by atoms with Crippen molar-refractivity contribution in [1.29, 1.82) is 0 Å². The molecule has 1 rings (SSSR count). The highest BCUT2D eigenvalue weighted by Gasteiger charge is 2.27. The van der Waals surface area contributed by atoms with E-state index in [1.54, 1.807) is 0 Å². The predicted octanol–water partition coefficient (Wildman–Crippen LogP) is 2.18. The number of nitrogens with one attached hydrogen (secondary N) is 1. The van der Waals surface area contributed by atoms with Crippen LogP contribution in [-0.4, -0.2) is 35.7 Å². The van der Waals surface area contributed by atoms with Crippen LogP contribution in [0.15, 0.2) is 28.1 Å². The van der Waals surface area contributed by atoms with Gasteiger partial charge in [-0.2, -0.15) is 18.3 Å². The lowest BCUT2D eigenvalue weighted by Gasteiger charge is -2.11. The first-order valence-electron chi connectivity index (χ1n) is 5.60. The predicted molar refractivity (Wildman–Crippen MR) is 71.8 cm³/mol. The minimum atomic E-state index is -4.34. The van der Waals surface area contributed by atoms with Gasteiger partial charge in [-0.25, -0.2) is 4.68 Å². The summed E-state index contributed by atoms with van der Waals surface area (Å²) in [6.07, 6.45) is -1.41. The van der Waals surface area contributed by atoms with E-state index in [0.717, 1.165) is 0 Å². The number of alkyl halides is 3. The van der Waals surface area contributed by atoms with Crippen LogP contribution in [0.5, 0.6) is 0 Å². The molecular weight excluding hydrogens is 343 g/mol. The highest BCUT2D eigenvalue weighted by Crippen LogP contribution is 2.16. The Bertz CT molecular complexity index is 517. The highest BCUT2D eigenvalue weighted by molar-refractivity contribution is 9.10. The minimum Gasteiger partial charge on any atom is -0.380 e. The van der Waals surface area contributed by atoms with Gasteiger partial charge in [0.1, 0.15) is 11.1 Å². The molecule has 0 saturated carbocycles. The molecule has 0 atom stereocenters. The summed E-state index contributed by atoms with van der Waals surface area (Å²) in [6, 6.07) is 0. The average molecular weight is 356 g/mol. The van der Waals surface area contributed by atoms with Gasteiger partial charge < -0.3 is 10.1 Å². The third kappa shape index (κ3) is 5.33. The van der Waals surface area contributed by atoms with Crippen LogP contribution in [-0.2, 0) is 11.3 Å². The molecule has 0 aromatic carbocycles. The minimum absolute atomic E-state index is 0.126. The van der Waals surface area contributed by atoms with Gasteiger partial charge in [-0.1, -0.05) is 6.08 Å². The van der Waals surface area contributed by atoms with Crippen molar-refractivity contribution in [2.24, 2.45) is 0 Å². The number of hydrogen-bond donors (Lipinski definition) is 1. The maximum absolute atomic E-state index is 11.8. The number of ether oxygens (including phenoxy) is 1. The van der Waals surface area contributed by atoms with Gasteiger partial charge in [0.05, 0.1) is 25.0 Å². The fourth-order valence-corrected chi connectivity index (χ4v) is 1.73. The molecule has 0 aliphatic rings. The standard InChI is InChI=1S/C11H13BrF3N3O2/c1-2-4-18-10(19)9(12)8(6-17-18)16-3-5-20-7-11(13,14)15/h2,6,16H,1,3-5,7H2. The molecule has 1 N–H and O–H groups in total. The molecule has 5 nitrogen and oxygen atoms in total. The Morgan fingerprint density at radius 3 is 2.85 bits per heavy atom. The molecule has 1 aromatic rings. The molecule has 0 aliphatic heterocycles. The van der Waals surface area contributed by atoms with Crippen molar-refractivity contribution in [3.05, 3.63) is 33.7 Å². The van der Waals surface area contributed by atoms with Gasteiger partial charge in [0.2, 0.25) is 0 Å². The third-order valence-corrected chi connectivity index (χ3v) is 2.88. The number of nitrogens with zero attached hydrogens (tertiary/aromatic N) is 2. The second-order valence-electron chi connectivity index (χ2n) is 3.74. The van der Waals surface area contributed by atoms with Crippen LogP contribution in [0, 0.1) is 0 Å². The van der Waals surface area contributed by atoms with Crippen LogP contribution < -0.4 is 10.9 Å². The summed E-state index contributed by atoms with van der Waals surface area (Å²) in [5, 5.41) is 6.66. The van der Waals surface area contributed by atoms with Gasteiger partial charge in [-0.05, 0) is 15.9 Å². The Labute approximate surface area is 121 Å². The van der Waals surface area contributed by atoms with Crippen LogP contribution in [0.25, 0.3) is 0 Å². The van der Waals surface area contributed by atoms with Crippen molar-refractivity contribution in [3.8, 4) is 0 Å². The molecule has 20 heavy (non-hydrogen) atoms. The van der Waals surface area contributed by atoms with E-state index in [0.29, 0.717) is 5.69 Å².